The molecule has 0 spiro atoms. The van der Waals surface area contributed by atoms with Gasteiger partial charge in [-0.2, -0.15) is 0 Å². The van der Waals surface area contributed by atoms with Crippen molar-refractivity contribution in [2.75, 3.05) is 6.54 Å². The lowest BCUT2D eigenvalue weighted by Gasteiger charge is -2.35. The molecule has 3 rings (SSSR count). The van der Waals surface area contributed by atoms with Gasteiger partial charge in [0.1, 0.15) is 0 Å². The van der Waals surface area contributed by atoms with E-state index in [9.17, 15) is 9.90 Å². The van der Waals surface area contributed by atoms with Gasteiger partial charge in [-0.15, -0.1) is 0 Å². The molecule has 1 fully saturated rings. The molecular formula is C22H28N2O2. The van der Waals surface area contributed by atoms with Gasteiger partial charge in [-0.3, -0.25) is 9.78 Å². The molecule has 2 aromatic rings. The number of rotatable bonds is 5. The van der Waals surface area contributed by atoms with Gasteiger partial charge < -0.3 is 10.0 Å². The van der Waals surface area contributed by atoms with Crippen molar-refractivity contribution in [2.45, 2.75) is 57.6 Å². The van der Waals surface area contributed by atoms with Crippen molar-refractivity contribution >= 4 is 5.91 Å². The third kappa shape index (κ3) is 4.70. The number of benzene rings is 1. The zero-order valence-corrected chi connectivity index (χ0v) is 15.7. The standard InChI is InChI=1S/C22H28N2O2/c1-22(2,26)14-13-17-9-11-18(12-10-17)21(25)24-16-6-4-8-20(24)19-7-3-5-15-23-19/h3,5,7,9-12,15,20,26H,4,6,8,13-14,16H2,1-2H3. The van der Waals surface area contributed by atoms with Crippen LogP contribution in [0.4, 0.5) is 0 Å². The largest absolute Gasteiger partial charge is 0.390 e. The average molecular weight is 352 g/mol. The fourth-order valence-corrected chi connectivity index (χ4v) is 3.49. The summed E-state index contributed by atoms with van der Waals surface area (Å²) in [6, 6.07) is 13.8. The van der Waals surface area contributed by atoms with Crippen LogP contribution in [0.3, 0.4) is 0 Å². The van der Waals surface area contributed by atoms with Crippen molar-refractivity contribution in [1.82, 2.24) is 9.88 Å². The summed E-state index contributed by atoms with van der Waals surface area (Å²) in [5, 5.41) is 9.86. The minimum Gasteiger partial charge on any atom is -0.390 e. The van der Waals surface area contributed by atoms with Crippen LogP contribution in [0.15, 0.2) is 48.7 Å². The highest BCUT2D eigenvalue weighted by Crippen LogP contribution is 2.31. The number of carbonyl (C=O) groups is 1. The monoisotopic (exact) mass is 352 g/mol. The van der Waals surface area contributed by atoms with Gasteiger partial charge in [-0.1, -0.05) is 18.2 Å². The molecule has 1 aromatic carbocycles. The van der Waals surface area contributed by atoms with Crippen molar-refractivity contribution in [3.05, 3.63) is 65.5 Å². The van der Waals surface area contributed by atoms with Crippen LogP contribution in [0.25, 0.3) is 0 Å². The van der Waals surface area contributed by atoms with E-state index in [0.29, 0.717) is 6.42 Å². The first-order chi connectivity index (χ1) is 12.4. The van der Waals surface area contributed by atoms with Crippen LogP contribution in [0.5, 0.6) is 0 Å². The zero-order valence-electron chi connectivity index (χ0n) is 15.7. The molecule has 0 bridgehead atoms. The highest BCUT2D eigenvalue weighted by Gasteiger charge is 2.29. The minimum absolute atomic E-state index is 0.0623. The molecule has 2 heterocycles. The number of nitrogens with zero attached hydrogens (tertiary/aromatic N) is 2. The van der Waals surface area contributed by atoms with Gasteiger partial charge in [-0.05, 0) is 75.8 Å². The number of aryl methyl sites for hydroxylation is 1. The second-order valence-electron chi connectivity index (χ2n) is 7.77. The van der Waals surface area contributed by atoms with Crippen LogP contribution in [0, 0.1) is 0 Å². The van der Waals surface area contributed by atoms with Crippen LogP contribution < -0.4 is 0 Å². The Labute approximate surface area is 155 Å². The molecule has 1 N–H and O–H groups in total. The zero-order chi connectivity index (χ0) is 18.6. The second-order valence-corrected chi connectivity index (χ2v) is 7.77. The number of pyridine rings is 1. The molecular weight excluding hydrogens is 324 g/mol. The molecule has 1 aliphatic rings. The molecule has 1 saturated heterocycles. The number of piperidine rings is 1. The smallest absolute Gasteiger partial charge is 0.254 e. The maximum Gasteiger partial charge on any atom is 0.254 e. The van der Waals surface area contributed by atoms with Crippen LogP contribution in [-0.4, -0.2) is 33.0 Å². The van der Waals surface area contributed by atoms with E-state index < -0.39 is 5.60 Å². The number of aromatic nitrogens is 1. The van der Waals surface area contributed by atoms with E-state index >= 15 is 0 Å². The van der Waals surface area contributed by atoms with Crippen molar-refractivity contribution in [2.24, 2.45) is 0 Å². The number of aliphatic hydroxyl groups is 1. The number of likely N-dealkylation sites (tertiary alicyclic amines) is 1. The first-order valence-electron chi connectivity index (χ1n) is 9.47. The van der Waals surface area contributed by atoms with Crippen molar-refractivity contribution in [3.8, 4) is 0 Å². The first kappa shape index (κ1) is 18.6. The van der Waals surface area contributed by atoms with E-state index in [0.717, 1.165) is 49.0 Å². The molecule has 4 heteroatoms. The summed E-state index contributed by atoms with van der Waals surface area (Å²) in [5.74, 6) is 0.0781. The van der Waals surface area contributed by atoms with Crippen LogP contribution >= 0.6 is 0 Å². The first-order valence-corrected chi connectivity index (χ1v) is 9.47. The van der Waals surface area contributed by atoms with E-state index in [2.05, 4.69) is 4.98 Å². The Hall–Kier alpha value is -2.20. The van der Waals surface area contributed by atoms with Gasteiger partial charge in [0, 0.05) is 18.3 Å². The molecule has 26 heavy (non-hydrogen) atoms. The molecule has 138 valence electrons. The third-order valence-electron chi connectivity index (χ3n) is 5.02. The maximum absolute atomic E-state index is 13.1. The van der Waals surface area contributed by atoms with Crippen molar-refractivity contribution < 1.29 is 9.90 Å². The lowest BCUT2D eigenvalue weighted by molar-refractivity contribution is 0.0605. The Morgan fingerprint density at radius 2 is 1.96 bits per heavy atom. The molecule has 1 aromatic heterocycles. The molecule has 1 amide bonds. The molecule has 0 aliphatic carbocycles. The topological polar surface area (TPSA) is 53.4 Å². The Kier molecular flexibility index (Phi) is 5.72. The number of hydrogen-bond donors (Lipinski definition) is 1. The second kappa shape index (κ2) is 8.00. The van der Waals surface area contributed by atoms with E-state index in [-0.39, 0.29) is 11.9 Å². The Bertz CT molecular complexity index is 720. The summed E-state index contributed by atoms with van der Waals surface area (Å²) in [5.41, 5.74) is 2.17. The number of carbonyl (C=O) groups excluding carboxylic acids is 1. The fraction of sp³-hybridized carbons (Fsp3) is 0.455. The minimum atomic E-state index is -0.668. The quantitative estimate of drug-likeness (QED) is 0.879. The average Bonchev–Trinajstić information content (AvgIpc) is 2.66. The fourth-order valence-electron chi connectivity index (χ4n) is 3.49. The summed E-state index contributed by atoms with van der Waals surface area (Å²) in [6.45, 7) is 4.42. The highest BCUT2D eigenvalue weighted by atomic mass is 16.3. The van der Waals surface area contributed by atoms with Gasteiger partial charge in [0.25, 0.3) is 5.91 Å². The predicted octanol–water partition coefficient (Wildman–Crippen LogP) is 4.15. The van der Waals surface area contributed by atoms with Crippen LogP contribution in [0.2, 0.25) is 0 Å². The van der Waals surface area contributed by atoms with E-state index in [1.54, 1.807) is 6.20 Å². The van der Waals surface area contributed by atoms with Gasteiger partial charge in [0.2, 0.25) is 0 Å². The van der Waals surface area contributed by atoms with E-state index in [1.165, 1.54) is 0 Å². The van der Waals surface area contributed by atoms with Crippen molar-refractivity contribution in [1.29, 1.82) is 0 Å². The number of amides is 1. The molecule has 0 saturated carbocycles. The Morgan fingerprint density at radius 1 is 1.19 bits per heavy atom. The molecule has 4 nitrogen and oxygen atoms in total. The number of hydrogen-bond acceptors (Lipinski definition) is 3. The van der Waals surface area contributed by atoms with Gasteiger partial charge >= 0.3 is 0 Å². The lowest BCUT2D eigenvalue weighted by Crippen LogP contribution is -2.38. The summed E-state index contributed by atoms with van der Waals surface area (Å²) in [7, 11) is 0. The van der Waals surface area contributed by atoms with Crippen LogP contribution in [0.1, 0.15) is 67.2 Å². The van der Waals surface area contributed by atoms with Gasteiger partial charge in [-0.25, -0.2) is 0 Å². The predicted molar refractivity (Wildman–Crippen MR) is 103 cm³/mol. The SMILES string of the molecule is CC(C)(O)CCc1ccc(C(=O)N2CCCCC2c2ccccn2)cc1. The summed E-state index contributed by atoms with van der Waals surface area (Å²) < 4.78 is 0. The Balaban J connectivity index is 1.72. The lowest BCUT2D eigenvalue weighted by atomic mass is 9.96. The molecule has 0 radical (unpaired) electrons. The summed E-state index contributed by atoms with van der Waals surface area (Å²) in [6.07, 6.45) is 6.43. The van der Waals surface area contributed by atoms with Gasteiger partial charge in [0.15, 0.2) is 0 Å². The highest BCUT2D eigenvalue weighted by molar-refractivity contribution is 5.94. The van der Waals surface area contributed by atoms with Crippen molar-refractivity contribution in [3.63, 3.8) is 0 Å². The molecule has 1 unspecified atom stereocenters. The Morgan fingerprint density at radius 3 is 2.62 bits per heavy atom. The normalized spacial score (nSPS) is 18.0. The van der Waals surface area contributed by atoms with Crippen LogP contribution in [-0.2, 0) is 6.42 Å². The third-order valence-corrected chi connectivity index (χ3v) is 5.02. The summed E-state index contributed by atoms with van der Waals surface area (Å²) in [4.78, 5) is 19.5. The molecule has 1 atom stereocenters. The van der Waals surface area contributed by atoms with E-state index in [1.807, 2.05) is 61.2 Å². The molecule has 1 aliphatic heterocycles. The van der Waals surface area contributed by atoms with Gasteiger partial charge in [0.05, 0.1) is 17.3 Å². The summed E-state index contributed by atoms with van der Waals surface area (Å²) >= 11 is 0. The maximum atomic E-state index is 13.1. The van der Waals surface area contributed by atoms with E-state index in [4.69, 9.17) is 0 Å².